The van der Waals surface area contributed by atoms with Gasteiger partial charge in [-0.1, -0.05) is 111 Å². The van der Waals surface area contributed by atoms with E-state index >= 15 is 0 Å². The first-order chi connectivity index (χ1) is 18.9. The van der Waals surface area contributed by atoms with Crippen LogP contribution in [0.1, 0.15) is 80.5 Å². The molecule has 2 amide bonds. The molecule has 0 aromatic heterocycles. The van der Waals surface area contributed by atoms with Gasteiger partial charge in [0.05, 0.1) is 0 Å². The average Bonchev–Trinajstić information content (AvgIpc) is 2.95. The lowest BCUT2D eigenvalue weighted by Crippen LogP contribution is -2.52. The molecule has 0 aliphatic heterocycles. The molecular weight excluding hydrogens is 504 g/mol. The third kappa shape index (κ3) is 8.69. The first kappa shape index (κ1) is 28.9. The highest BCUT2D eigenvalue weighted by Crippen LogP contribution is 2.22. The van der Waals surface area contributed by atoms with E-state index in [2.05, 4.69) is 43.4 Å². The highest BCUT2D eigenvalue weighted by atomic mass is 35.5. The van der Waals surface area contributed by atoms with Gasteiger partial charge in [-0.05, 0) is 59.6 Å². The number of rotatable bonds is 11. The van der Waals surface area contributed by atoms with Gasteiger partial charge in [-0.3, -0.25) is 9.59 Å². The summed E-state index contributed by atoms with van der Waals surface area (Å²) in [5.74, 6) is 0.375. The zero-order valence-corrected chi connectivity index (χ0v) is 24.0. The number of benzene rings is 3. The molecule has 3 aromatic rings. The Morgan fingerprint density at radius 3 is 2.23 bits per heavy atom. The Bertz CT molecular complexity index is 1200. The second kappa shape index (κ2) is 14.3. The minimum atomic E-state index is -0.607. The molecule has 4 nitrogen and oxygen atoms in total. The minimum absolute atomic E-state index is 0.0253. The van der Waals surface area contributed by atoms with Gasteiger partial charge in [-0.15, -0.1) is 0 Å². The van der Waals surface area contributed by atoms with E-state index in [1.807, 2.05) is 54.6 Å². The average molecular weight is 545 g/mol. The Hall–Kier alpha value is -3.11. The quantitative estimate of drug-likeness (QED) is 0.272. The standard InChI is InChI=1S/C34H41ClN2O2/c1-25(2)29-19-16-26(17-20-29)18-21-33(38)37(24-28-12-9-13-30(35)22-28)32(23-27-10-5-3-6-11-27)34(39)36-31-14-7-4-8-15-31/h3,5-6,9-13,16-17,19-20,22,25,31-32H,4,7-8,14-15,18,21,23-24H2,1-2H3,(H,36,39). The van der Waals surface area contributed by atoms with Crippen molar-refractivity contribution >= 4 is 23.4 Å². The number of halogens is 1. The summed E-state index contributed by atoms with van der Waals surface area (Å²) in [6.45, 7) is 4.69. The van der Waals surface area contributed by atoms with E-state index < -0.39 is 6.04 Å². The maximum atomic E-state index is 13.9. The van der Waals surface area contributed by atoms with Crippen molar-refractivity contribution in [2.24, 2.45) is 0 Å². The maximum absolute atomic E-state index is 13.9. The lowest BCUT2D eigenvalue weighted by Gasteiger charge is -2.33. The van der Waals surface area contributed by atoms with E-state index in [9.17, 15) is 9.59 Å². The lowest BCUT2D eigenvalue weighted by atomic mass is 9.94. The van der Waals surface area contributed by atoms with Gasteiger partial charge in [0.15, 0.2) is 0 Å². The first-order valence-electron chi connectivity index (χ1n) is 14.4. The first-order valence-corrected chi connectivity index (χ1v) is 14.7. The zero-order valence-electron chi connectivity index (χ0n) is 23.2. The Morgan fingerprint density at radius 2 is 1.56 bits per heavy atom. The summed E-state index contributed by atoms with van der Waals surface area (Å²) < 4.78 is 0. The normalized spacial score (nSPS) is 14.7. The van der Waals surface area contributed by atoms with Crippen LogP contribution in [0.25, 0.3) is 0 Å². The van der Waals surface area contributed by atoms with Crippen molar-refractivity contribution in [1.29, 1.82) is 0 Å². The molecule has 1 atom stereocenters. The van der Waals surface area contributed by atoms with Crippen molar-refractivity contribution in [3.05, 3.63) is 106 Å². The summed E-state index contributed by atoms with van der Waals surface area (Å²) in [5.41, 5.74) is 4.37. The SMILES string of the molecule is CC(C)c1ccc(CCC(=O)N(Cc2cccc(Cl)c2)C(Cc2ccccc2)C(=O)NC2CCCCC2)cc1. The third-order valence-electron chi connectivity index (χ3n) is 7.74. The predicted molar refractivity (Wildman–Crippen MR) is 160 cm³/mol. The molecule has 0 heterocycles. The van der Waals surface area contributed by atoms with E-state index in [-0.39, 0.29) is 17.9 Å². The lowest BCUT2D eigenvalue weighted by molar-refractivity contribution is -0.141. The summed E-state index contributed by atoms with van der Waals surface area (Å²) in [5, 5.41) is 3.93. The Kier molecular flexibility index (Phi) is 10.6. The van der Waals surface area contributed by atoms with Crippen LogP contribution in [-0.4, -0.2) is 28.8 Å². The molecule has 5 heteroatoms. The number of aryl methyl sites for hydroxylation is 1. The fourth-order valence-electron chi connectivity index (χ4n) is 5.39. The molecule has 39 heavy (non-hydrogen) atoms. The highest BCUT2D eigenvalue weighted by Gasteiger charge is 2.31. The van der Waals surface area contributed by atoms with Crippen molar-refractivity contribution in [2.45, 2.75) is 89.8 Å². The Labute approximate surface area is 238 Å². The summed E-state index contributed by atoms with van der Waals surface area (Å²) in [6.07, 6.45) is 6.92. The molecule has 1 aliphatic carbocycles. The molecule has 1 saturated carbocycles. The second-order valence-electron chi connectivity index (χ2n) is 11.1. The maximum Gasteiger partial charge on any atom is 0.243 e. The van der Waals surface area contributed by atoms with Crippen LogP contribution in [0.3, 0.4) is 0 Å². The van der Waals surface area contributed by atoms with Crippen molar-refractivity contribution < 1.29 is 9.59 Å². The smallest absolute Gasteiger partial charge is 0.243 e. The van der Waals surface area contributed by atoms with Gasteiger partial charge in [0.25, 0.3) is 0 Å². The molecule has 1 unspecified atom stereocenters. The molecule has 1 N–H and O–H groups in total. The predicted octanol–water partition coefficient (Wildman–Crippen LogP) is 7.49. The molecule has 0 saturated heterocycles. The number of nitrogens with one attached hydrogen (secondary N) is 1. The van der Waals surface area contributed by atoms with Crippen molar-refractivity contribution in [1.82, 2.24) is 10.2 Å². The van der Waals surface area contributed by atoms with E-state index in [0.717, 1.165) is 42.4 Å². The van der Waals surface area contributed by atoms with Gasteiger partial charge < -0.3 is 10.2 Å². The molecular formula is C34H41ClN2O2. The monoisotopic (exact) mass is 544 g/mol. The van der Waals surface area contributed by atoms with Gasteiger partial charge in [-0.25, -0.2) is 0 Å². The van der Waals surface area contributed by atoms with E-state index in [0.29, 0.717) is 36.7 Å². The molecule has 1 fully saturated rings. The summed E-state index contributed by atoms with van der Waals surface area (Å²) in [4.78, 5) is 29.6. The van der Waals surface area contributed by atoms with Crippen molar-refractivity contribution in [2.75, 3.05) is 0 Å². The van der Waals surface area contributed by atoms with E-state index in [1.165, 1.54) is 12.0 Å². The largest absolute Gasteiger partial charge is 0.352 e. The molecule has 4 rings (SSSR count). The molecule has 3 aromatic carbocycles. The van der Waals surface area contributed by atoms with Crippen LogP contribution in [0.15, 0.2) is 78.9 Å². The summed E-state index contributed by atoms with van der Waals surface area (Å²) in [7, 11) is 0. The topological polar surface area (TPSA) is 49.4 Å². The number of hydrogen-bond donors (Lipinski definition) is 1. The van der Waals surface area contributed by atoms with Crippen LogP contribution >= 0.6 is 11.6 Å². The van der Waals surface area contributed by atoms with Gasteiger partial charge in [0.1, 0.15) is 6.04 Å². The number of carbonyl (C=O) groups excluding carboxylic acids is 2. The van der Waals surface area contributed by atoms with Crippen LogP contribution in [0.4, 0.5) is 0 Å². The molecule has 0 spiro atoms. The van der Waals surface area contributed by atoms with Gasteiger partial charge in [-0.2, -0.15) is 0 Å². The van der Waals surface area contributed by atoms with E-state index in [4.69, 9.17) is 11.6 Å². The van der Waals surface area contributed by atoms with Crippen LogP contribution in [0, 0.1) is 0 Å². The van der Waals surface area contributed by atoms with Gasteiger partial charge in [0, 0.05) is 30.5 Å². The Balaban J connectivity index is 1.59. The van der Waals surface area contributed by atoms with Crippen LogP contribution < -0.4 is 5.32 Å². The molecule has 0 radical (unpaired) electrons. The highest BCUT2D eigenvalue weighted by molar-refractivity contribution is 6.30. The fourth-order valence-corrected chi connectivity index (χ4v) is 5.61. The Morgan fingerprint density at radius 1 is 0.872 bits per heavy atom. The number of hydrogen-bond acceptors (Lipinski definition) is 2. The van der Waals surface area contributed by atoms with E-state index in [1.54, 1.807) is 4.90 Å². The van der Waals surface area contributed by atoms with Crippen LogP contribution in [0.5, 0.6) is 0 Å². The third-order valence-corrected chi connectivity index (χ3v) is 7.97. The minimum Gasteiger partial charge on any atom is -0.352 e. The molecule has 0 bridgehead atoms. The number of amides is 2. The van der Waals surface area contributed by atoms with Gasteiger partial charge >= 0.3 is 0 Å². The van der Waals surface area contributed by atoms with Crippen LogP contribution in [0.2, 0.25) is 5.02 Å². The van der Waals surface area contributed by atoms with Gasteiger partial charge in [0.2, 0.25) is 11.8 Å². The second-order valence-corrected chi connectivity index (χ2v) is 11.5. The summed E-state index contributed by atoms with van der Waals surface area (Å²) >= 11 is 6.30. The fraction of sp³-hybridized carbons (Fsp3) is 0.412. The molecule has 206 valence electrons. The molecule has 1 aliphatic rings. The van der Waals surface area contributed by atoms with Crippen LogP contribution in [-0.2, 0) is 29.0 Å². The zero-order chi connectivity index (χ0) is 27.6. The number of nitrogens with zero attached hydrogens (tertiary/aromatic N) is 1. The van der Waals surface area contributed by atoms with Crippen molar-refractivity contribution in [3.63, 3.8) is 0 Å². The van der Waals surface area contributed by atoms with Crippen molar-refractivity contribution in [3.8, 4) is 0 Å². The number of carbonyl (C=O) groups is 2. The summed E-state index contributed by atoms with van der Waals surface area (Å²) in [6, 6.07) is 25.6.